The number of halogens is 1. The average Bonchev–Trinajstić information content (AvgIpc) is 3.86. The molecule has 0 bridgehead atoms. The smallest absolute Gasteiger partial charge is 0.364 e. The summed E-state index contributed by atoms with van der Waals surface area (Å²) < 4.78 is 11.8. The number of tetrazole rings is 1. The lowest BCUT2D eigenvalue weighted by Gasteiger charge is -2.02. The van der Waals surface area contributed by atoms with Crippen molar-refractivity contribution < 1.29 is 24.5 Å². The van der Waals surface area contributed by atoms with Crippen molar-refractivity contribution in [1.82, 2.24) is 25.0 Å². The quantitative estimate of drug-likeness (QED) is 0.0624. The Balaban J connectivity index is 0.000000257. The van der Waals surface area contributed by atoms with Gasteiger partial charge in [0.15, 0.2) is 0 Å². The summed E-state index contributed by atoms with van der Waals surface area (Å²) >= 11 is 3.13. The molecule has 0 fully saturated rings. The highest BCUT2D eigenvalue weighted by Gasteiger charge is 2.24. The van der Waals surface area contributed by atoms with Gasteiger partial charge < -0.3 is 17.0 Å². The van der Waals surface area contributed by atoms with E-state index < -0.39 is 0 Å². The van der Waals surface area contributed by atoms with E-state index in [-0.39, 0.29) is 31.8 Å². The summed E-state index contributed by atoms with van der Waals surface area (Å²) in [7, 11) is -0.250. The molecule has 0 saturated carbocycles. The maximum Gasteiger partial charge on any atom is 0.364 e. The fraction of sp³-hybridized carbons (Fsp3) is 0.158. The van der Waals surface area contributed by atoms with E-state index in [0.717, 1.165) is 43.9 Å². The molecule has 7 rings (SSSR count). The number of nitrogens with one attached hydrogen (secondary N) is 1. The first-order valence-corrected chi connectivity index (χ1v) is 16.8. The summed E-state index contributed by atoms with van der Waals surface area (Å²) in [6.07, 6.45) is 0. The van der Waals surface area contributed by atoms with Crippen molar-refractivity contribution in [3.05, 3.63) is 148 Å². The van der Waals surface area contributed by atoms with E-state index in [0.29, 0.717) is 16.8 Å². The van der Waals surface area contributed by atoms with Crippen LogP contribution in [0.1, 0.15) is 44.3 Å². The first-order valence-electron chi connectivity index (χ1n) is 16.6. The lowest BCUT2D eigenvalue weighted by atomic mass is 10.2. The molecule has 0 radical (unpaired) electrons. The van der Waals surface area contributed by atoms with E-state index in [9.17, 15) is 0 Å². The molecule has 262 valence electrons. The van der Waals surface area contributed by atoms with Crippen LogP contribution in [-0.2, 0) is 0 Å². The van der Waals surface area contributed by atoms with Gasteiger partial charge in [-0.15, -0.1) is 10.2 Å². The van der Waals surface area contributed by atoms with Crippen LogP contribution in [0, 0.1) is 27.7 Å². The second kappa shape index (κ2) is 19.2. The summed E-state index contributed by atoms with van der Waals surface area (Å²) in [4.78, 5) is 14.9. The number of azo groups is 1. The van der Waals surface area contributed by atoms with E-state index in [4.69, 9.17) is 12.9 Å². The number of nitrogens with zero attached hydrogens (tertiary/aromatic N) is 9. The molecule has 0 saturated heterocycles. The van der Waals surface area contributed by atoms with E-state index in [1.807, 2.05) is 142 Å². The second-order valence-corrected chi connectivity index (χ2v) is 12.9. The number of para-hydroxylation sites is 2. The van der Waals surface area contributed by atoms with Gasteiger partial charge in [0.25, 0.3) is 5.82 Å². The third-order valence-electron chi connectivity index (χ3n) is 7.11. The molecular weight excluding hydrogens is 741 g/mol. The fourth-order valence-electron chi connectivity index (χ4n) is 4.33. The minimum Gasteiger partial charge on any atom is -1.00 e. The molecule has 3 aromatic heterocycles. The Morgan fingerprint density at radius 3 is 1.86 bits per heavy atom. The number of hydrogen-bond acceptors (Lipinski definition) is 9. The summed E-state index contributed by atoms with van der Waals surface area (Å²) in [5, 5.41) is 23.8. The minimum absolute atomic E-state index is 0. The van der Waals surface area contributed by atoms with Gasteiger partial charge in [-0.1, -0.05) is 127 Å². The van der Waals surface area contributed by atoms with Gasteiger partial charge in [0, 0.05) is 28.7 Å². The Kier molecular flexibility index (Phi) is 14.0. The zero-order valence-corrected chi connectivity index (χ0v) is 31.2. The zero-order chi connectivity index (χ0) is 36.0. The van der Waals surface area contributed by atoms with Gasteiger partial charge in [-0.3, -0.25) is 5.43 Å². The largest absolute Gasteiger partial charge is 1.00 e. The molecule has 0 aliphatic heterocycles. The molecule has 7 aromatic rings. The van der Waals surface area contributed by atoms with Crippen molar-refractivity contribution in [2.24, 2.45) is 15.3 Å². The number of amidine groups is 1. The number of aryl methyl sites for hydroxylation is 4. The van der Waals surface area contributed by atoms with Gasteiger partial charge in [-0.05, 0) is 78.8 Å². The number of benzene rings is 4. The molecule has 0 atom stereocenters. The van der Waals surface area contributed by atoms with Crippen molar-refractivity contribution in [2.75, 3.05) is 5.43 Å². The van der Waals surface area contributed by atoms with E-state index in [2.05, 4.69) is 37.6 Å². The van der Waals surface area contributed by atoms with Crippen molar-refractivity contribution in [3.63, 3.8) is 0 Å². The Morgan fingerprint density at radius 2 is 1.29 bits per heavy atom. The zero-order valence-electron chi connectivity index (χ0n) is 30.0. The van der Waals surface area contributed by atoms with Crippen LogP contribution in [0.5, 0.6) is 0 Å². The lowest BCUT2D eigenvalue weighted by Crippen LogP contribution is -3.00. The summed E-state index contributed by atoms with van der Waals surface area (Å²) in [6.45, 7) is 8.07. The lowest BCUT2D eigenvalue weighted by molar-refractivity contribution is -0.734. The van der Waals surface area contributed by atoms with Crippen molar-refractivity contribution in [1.29, 1.82) is 0 Å². The normalized spacial score (nSPS) is 11.1. The molecule has 0 aliphatic rings. The topological polar surface area (TPSA) is 109 Å². The van der Waals surface area contributed by atoms with Crippen LogP contribution in [0.2, 0.25) is 0 Å². The molecule has 0 spiro atoms. The molecule has 13 heteroatoms. The molecule has 0 unspecified atom stereocenters. The Morgan fingerprint density at radius 1 is 0.745 bits per heavy atom. The molecule has 4 aromatic carbocycles. The number of hydrogen-bond donors (Lipinski definition) is 1. The number of aromatic nitrogens is 6. The first-order chi connectivity index (χ1) is 24.9. The van der Waals surface area contributed by atoms with E-state index >= 15 is 0 Å². The van der Waals surface area contributed by atoms with Crippen LogP contribution in [-0.4, -0.2) is 30.8 Å². The van der Waals surface area contributed by atoms with Gasteiger partial charge in [0.2, 0.25) is 11.0 Å². The second-order valence-electron chi connectivity index (χ2n) is 10.6. The summed E-state index contributed by atoms with van der Waals surface area (Å²) in [5.41, 5.74) is 8.71. The van der Waals surface area contributed by atoms with Gasteiger partial charge in [0.1, 0.15) is 11.4 Å². The maximum absolute atomic E-state index is 5.88. The van der Waals surface area contributed by atoms with Gasteiger partial charge >= 0.3 is 5.13 Å². The van der Waals surface area contributed by atoms with Crippen LogP contribution < -0.4 is 27.2 Å². The fourth-order valence-corrected chi connectivity index (χ4v) is 5.91. The monoisotopic (exact) mass is 784 g/mol. The Labute approximate surface area is 320 Å². The predicted octanol–water partition coefficient (Wildman–Crippen LogP) is 6.88. The Bertz CT molecular complexity index is 2140. The highest BCUT2D eigenvalue weighted by Crippen LogP contribution is 2.24. The van der Waals surface area contributed by atoms with Crippen LogP contribution in [0.15, 0.2) is 137 Å². The molecule has 3 heterocycles. The van der Waals surface area contributed by atoms with Crippen LogP contribution in [0.25, 0.3) is 22.2 Å². The number of rotatable bonds is 7. The maximum atomic E-state index is 5.88. The van der Waals surface area contributed by atoms with Crippen LogP contribution in [0.3, 0.4) is 0 Å². The Hall–Kier alpha value is -5.24. The van der Waals surface area contributed by atoms with Crippen LogP contribution >= 0.6 is 22.7 Å². The number of thiazole rings is 2. The van der Waals surface area contributed by atoms with Gasteiger partial charge in [-0.2, -0.15) is 5.10 Å². The number of anilines is 1. The standard InChI is InChI=1S/C18H16N5S.C18H17N5S.2CH4.BrH/c1-13-14(2)24-18(19-13)23-21-17(15-9-5-3-6-10-15)20-22(23)16-11-7-4-8-12-16;1-13-14(2)24-18(19-13)23-22-17(15-9-5-3-6-10-15)21-20-16-11-7-4-8-12-16;;;/h3-12H,1-2H3;3-12,20H,1-2H3;2*1H4;1H/q+1;;;;/p-1/b;21-17-,23-22?;;;/i;;1T2;;. The molecular formula is C38H41BrN10S2. The molecule has 51 heavy (non-hydrogen) atoms. The average molecular weight is 786 g/mol. The van der Waals surface area contributed by atoms with Gasteiger partial charge in [-0.25, -0.2) is 4.98 Å². The molecule has 0 amide bonds. The molecule has 1 N–H and O–H groups in total. The summed E-state index contributed by atoms with van der Waals surface area (Å²) in [5.74, 6) is 1.18. The minimum atomic E-state index is -0.250. The van der Waals surface area contributed by atoms with Crippen molar-refractivity contribution in [2.45, 2.75) is 42.5 Å². The van der Waals surface area contributed by atoms with Crippen molar-refractivity contribution in [3.8, 4) is 22.2 Å². The van der Waals surface area contributed by atoms with Crippen LogP contribution in [0.4, 0.5) is 10.8 Å². The predicted molar refractivity (Wildman–Crippen MR) is 206 cm³/mol. The third-order valence-corrected chi connectivity index (χ3v) is 9.11. The highest BCUT2D eigenvalue weighted by molar-refractivity contribution is 7.15. The van der Waals surface area contributed by atoms with E-state index in [1.54, 1.807) is 20.9 Å². The van der Waals surface area contributed by atoms with Gasteiger partial charge in [0.05, 0.1) is 11.4 Å². The first kappa shape index (κ1) is 37.0. The summed E-state index contributed by atoms with van der Waals surface area (Å²) in [6, 6.07) is 39.4. The highest BCUT2D eigenvalue weighted by atomic mass is 79.9. The SMILES string of the molecule is C.Cc1nc(-[n+]2nc(-c3ccccc3)nn2-c2ccccc2)sc1C.Cc1nc(N=N/C(=N\Nc2ccccc2)c2ccccc2)sc1C.[3H]C[3H].[Br-]. The third kappa shape index (κ3) is 10.4. The number of hydrazone groups is 1. The van der Waals surface area contributed by atoms with E-state index in [1.165, 1.54) is 16.2 Å². The molecule has 10 nitrogen and oxygen atoms in total. The molecule has 0 aliphatic carbocycles. The van der Waals surface area contributed by atoms with Crippen molar-refractivity contribution >= 4 is 39.3 Å².